The van der Waals surface area contributed by atoms with Crippen molar-refractivity contribution < 1.29 is 24.5 Å². The molecule has 0 aromatic carbocycles. The normalized spacial score (nSPS) is 12.6. The van der Waals surface area contributed by atoms with Crippen LogP contribution in [0.15, 0.2) is 12.2 Å². The summed E-state index contributed by atoms with van der Waals surface area (Å²) < 4.78 is 5.45. The van der Waals surface area contributed by atoms with Crippen LogP contribution in [0.4, 0.5) is 0 Å². The molecule has 0 aromatic rings. The van der Waals surface area contributed by atoms with Crippen LogP contribution in [0.25, 0.3) is 0 Å². The van der Waals surface area contributed by atoms with Gasteiger partial charge in [-0.3, -0.25) is 9.59 Å². The van der Waals surface area contributed by atoms with Gasteiger partial charge < -0.3 is 20.3 Å². The summed E-state index contributed by atoms with van der Waals surface area (Å²) in [7, 11) is 0. The van der Waals surface area contributed by atoms with E-state index in [9.17, 15) is 19.8 Å². The third-order valence-electron chi connectivity index (χ3n) is 13.8. The third-order valence-corrected chi connectivity index (χ3v) is 13.8. The van der Waals surface area contributed by atoms with Gasteiger partial charge in [-0.1, -0.05) is 283 Å². The number of carbonyl (C=O) groups is 2. The van der Waals surface area contributed by atoms with Crippen molar-refractivity contribution in [1.82, 2.24) is 5.32 Å². The zero-order chi connectivity index (χ0) is 47.2. The Bertz CT molecular complexity index is 970. The highest BCUT2D eigenvalue weighted by molar-refractivity contribution is 5.76. The monoisotopic (exact) mass is 918 g/mol. The van der Waals surface area contributed by atoms with Crippen LogP contribution >= 0.6 is 0 Å². The van der Waals surface area contributed by atoms with Crippen LogP contribution in [-0.2, 0) is 14.3 Å². The zero-order valence-corrected chi connectivity index (χ0v) is 44.0. The Morgan fingerprint density at radius 3 is 1.12 bits per heavy atom. The number of rotatable bonds is 55. The second-order valence-electron chi connectivity index (χ2n) is 20.3. The topological polar surface area (TPSA) is 95.9 Å². The first-order valence-electron chi connectivity index (χ1n) is 29.4. The minimum absolute atomic E-state index is 0.0315. The van der Waals surface area contributed by atoms with E-state index in [0.717, 1.165) is 70.6 Å². The second kappa shape index (κ2) is 55.2. The molecule has 0 aliphatic heterocycles. The molecular weight excluding hydrogens is 803 g/mol. The summed E-state index contributed by atoms with van der Waals surface area (Å²) in [5.74, 6) is -0.123. The molecule has 2 unspecified atom stereocenters. The van der Waals surface area contributed by atoms with Crippen LogP contribution in [-0.4, -0.2) is 47.4 Å². The Morgan fingerprint density at radius 1 is 0.415 bits per heavy atom. The van der Waals surface area contributed by atoms with Gasteiger partial charge in [0, 0.05) is 12.8 Å². The molecule has 0 saturated carbocycles. The predicted octanol–water partition coefficient (Wildman–Crippen LogP) is 18.1. The Labute approximate surface area is 406 Å². The van der Waals surface area contributed by atoms with Gasteiger partial charge in [0.25, 0.3) is 0 Å². The number of hydrogen-bond acceptors (Lipinski definition) is 5. The van der Waals surface area contributed by atoms with E-state index in [2.05, 4.69) is 31.3 Å². The quantitative estimate of drug-likeness (QED) is 0.0321. The molecule has 0 saturated heterocycles. The molecule has 0 rings (SSSR count). The van der Waals surface area contributed by atoms with Crippen molar-refractivity contribution in [2.75, 3.05) is 13.2 Å². The number of ether oxygens (including phenoxy) is 1. The van der Waals surface area contributed by atoms with E-state index < -0.39 is 12.1 Å². The van der Waals surface area contributed by atoms with Crippen LogP contribution in [0, 0.1) is 0 Å². The first-order chi connectivity index (χ1) is 32.0. The second-order valence-corrected chi connectivity index (χ2v) is 20.3. The first-order valence-corrected chi connectivity index (χ1v) is 29.4. The molecular formula is C59H115NO5. The van der Waals surface area contributed by atoms with Crippen molar-refractivity contribution in [2.45, 2.75) is 341 Å². The van der Waals surface area contributed by atoms with Gasteiger partial charge in [0.1, 0.15) is 0 Å². The zero-order valence-electron chi connectivity index (χ0n) is 44.0. The summed E-state index contributed by atoms with van der Waals surface area (Å²) in [4.78, 5) is 24.5. The Balaban J connectivity index is 3.49. The molecule has 0 fully saturated rings. The summed E-state index contributed by atoms with van der Waals surface area (Å²) in [5, 5.41) is 23.3. The van der Waals surface area contributed by atoms with Gasteiger partial charge in [-0.05, 0) is 44.9 Å². The number of carbonyl (C=O) groups excluding carboxylic acids is 2. The maximum absolute atomic E-state index is 12.5. The number of unbranched alkanes of at least 4 members (excludes halogenated alkanes) is 42. The van der Waals surface area contributed by atoms with E-state index in [-0.39, 0.29) is 18.5 Å². The third kappa shape index (κ3) is 51.8. The highest BCUT2D eigenvalue weighted by Crippen LogP contribution is 2.18. The minimum Gasteiger partial charge on any atom is -0.466 e. The first kappa shape index (κ1) is 63.6. The minimum atomic E-state index is -0.695. The molecule has 0 aliphatic rings. The van der Waals surface area contributed by atoms with Crippen LogP contribution in [0.5, 0.6) is 0 Å². The van der Waals surface area contributed by atoms with Crippen molar-refractivity contribution >= 4 is 11.9 Å². The standard InChI is InChI=1S/C59H115NO5/c1-3-5-7-9-11-13-15-17-19-20-21-22-23-24-25-26-27-29-30-32-35-39-43-47-51-57(62)56(55-61)60-58(63)52-48-44-40-36-34-38-42-46-50-54-65-59(64)53-49-45-41-37-33-31-28-18-16-14-12-10-8-6-4-2/h36,40,56-57,61-62H,3-35,37-39,41-55H2,1-2H3,(H,60,63)/b40-36-. The summed E-state index contributed by atoms with van der Waals surface area (Å²) in [6.07, 6.45) is 65.0. The molecule has 65 heavy (non-hydrogen) atoms. The molecule has 0 spiro atoms. The Kier molecular flexibility index (Phi) is 54.0. The average Bonchev–Trinajstić information content (AvgIpc) is 3.31. The summed E-state index contributed by atoms with van der Waals surface area (Å²) in [6, 6.07) is -0.579. The van der Waals surface area contributed by atoms with E-state index in [1.807, 2.05) is 0 Å². The van der Waals surface area contributed by atoms with Crippen molar-refractivity contribution in [1.29, 1.82) is 0 Å². The Hall–Kier alpha value is -1.40. The van der Waals surface area contributed by atoms with Crippen molar-refractivity contribution in [3.05, 3.63) is 12.2 Å². The van der Waals surface area contributed by atoms with E-state index in [4.69, 9.17) is 4.74 Å². The summed E-state index contributed by atoms with van der Waals surface area (Å²) in [5.41, 5.74) is 0. The molecule has 6 heteroatoms. The number of amides is 1. The van der Waals surface area contributed by atoms with Crippen LogP contribution in [0.3, 0.4) is 0 Å². The van der Waals surface area contributed by atoms with E-state index in [1.165, 1.54) is 225 Å². The van der Waals surface area contributed by atoms with Gasteiger partial charge in [-0.15, -0.1) is 0 Å². The molecule has 0 aromatic heterocycles. The molecule has 6 nitrogen and oxygen atoms in total. The SMILES string of the molecule is CCCCCCCCCCCCCCCCCCCCCCCCCCC(O)C(CO)NC(=O)CCC/C=C\CCCCCCOC(=O)CCCCCCCCCCCCCCCCC. The lowest BCUT2D eigenvalue weighted by Gasteiger charge is -2.22. The fraction of sp³-hybridized carbons (Fsp3) is 0.932. The van der Waals surface area contributed by atoms with Gasteiger partial charge in [0.15, 0.2) is 0 Å². The number of esters is 1. The maximum atomic E-state index is 12.5. The smallest absolute Gasteiger partial charge is 0.305 e. The molecule has 0 heterocycles. The lowest BCUT2D eigenvalue weighted by Crippen LogP contribution is -2.45. The number of nitrogens with one attached hydrogen (secondary N) is 1. The van der Waals surface area contributed by atoms with Crippen LogP contribution in [0.1, 0.15) is 328 Å². The van der Waals surface area contributed by atoms with Crippen LogP contribution < -0.4 is 5.32 Å². The average molecular weight is 919 g/mol. The molecule has 1 amide bonds. The lowest BCUT2D eigenvalue weighted by molar-refractivity contribution is -0.143. The predicted molar refractivity (Wildman–Crippen MR) is 283 cm³/mol. The lowest BCUT2D eigenvalue weighted by atomic mass is 10.0. The molecule has 0 aliphatic carbocycles. The molecule has 3 N–H and O–H groups in total. The Morgan fingerprint density at radius 2 is 0.738 bits per heavy atom. The molecule has 0 bridgehead atoms. The van der Waals surface area contributed by atoms with Crippen molar-refractivity contribution in [2.24, 2.45) is 0 Å². The number of aliphatic hydroxyl groups is 2. The number of allylic oxidation sites excluding steroid dienone is 2. The van der Waals surface area contributed by atoms with Gasteiger partial charge in [0.2, 0.25) is 5.91 Å². The van der Waals surface area contributed by atoms with E-state index in [1.54, 1.807) is 0 Å². The van der Waals surface area contributed by atoms with Gasteiger partial charge in [-0.25, -0.2) is 0 Å². The highest BCUT2D eigenvalue weighted by Gasteiger charge is 2.20. The summed E-state index contributed by atoms with van der Waals surface area (Å²) >= 11 is 0. The molecule has 2 atom stereocenters. The largest absolute Gasteiger partial charge is 0.466 e. The van der Waals surface area contributed by atoms with Crippen LogP contribution in [0.2, 0.25) is 0 Å². The summed E-state index contributed by atoms with van der Waals surface area (Å²) in [6.45, 7) is 4.89. The number of aliphatic hydroxyl groups excluding tert-OH is 2. The molecule has 386 valence electrons. The highest BCUT2D eigenvalue weighted by atomic mass is 16.5. The van der Waals surface area contributed by atoms with Crippen molar-refractivity contribution in [3.63, 3.8) is 0 Å². The van der Waals surface area contributed by atoms with Gasteiger partial charge >= 0.3 is 5.97 Å². The molecule has 0 radical (unpaired) electrons. The maximum Gasteiger partial charge on any atom is 0.305 e. The number of hydrogen-bond donors (Lipinski definition) is 3. The fourth-order valence-electron chi connectivity index (χ4n) is 9.29. The van der Waals surface area contributed by atoms with Crippen molar-refractivity contribution in [3.8, 4) is 0 Å². The van der Waals surface area contributed by atoms with E-state index >= 15 is 0 Å². The van der Waals surface area contributed by atoms with Gasteiger partial charge in [-0.2, -0.15) is 0 Å². The van der Waals surface area contributed by atoms with E-state index in [0.29, 0.717) is 25.9 Å². The fourth-order valence-corrected chi connectivity index (χ4v) is 9.29. The van der Waals surface area contributed by atoms with Gasteiger partial charge in [0.05, 0.1) is 25.4 Å².